The normalized spacial score (nSPS) is 16.3. The lowest BCUT2D eigenvalue weighted by molar-refractivity contribution is 0.520. The monoisotopic (exact) mass is 338 g/mol. The summed E-state index contributed by atoms with van der Waals surface area (Å²) >= 11 is 0. The minimum atomic E-state index is -0.0949. The number of benzene rings is 1. The van der Waals surface area contributed by atoms with Crippen LogP contribution < -0.4 is 5.69 Å². The summed E-state index contributed by atoms with van der Waals surface area (Å²) in [5.41, 5.74) is 4.43. The van der Waals surface area contributed by atoms with E-state index in [0.717, 1.165) is 30.5 Å². The molecule has 3 nitrogen and oxygen atoms in total. The third kappa shape index (κ3) is 4.20. The van der Waals surface area contributed by atoms with Crippen molar-refractivity contribution < 1.29 is 0 Å². The summed E-state index contributed by atoms with van der Waals surface area (Å²) in [4.78, 5) is 17.3. The van der Waals surface area contributed by atoms with Crippen LogP contribution in [0.4, 0.5) is 0 Å². The summed E-state index contributed by atoms with van der Waals surface area (Å²) in [6, 6.07) is 10.4. The summed E-state index contributed by atoms with van der Waals surface area (Å²) in [5, 5.41) is 0. The van der Waals surface area contributed by atoms with Crippen LogP contribution in [-0.4, -0.2) is 9.55 Å². The van der Waals surface area contributed by atoms with E-state index >= 15 is 0 Å². The van der Waals surface area contributed by atoms with Gasteiger partial charge in [-0.05, 0) is 45.1 Å². The minimum absolute atomic E-state index is 0.0949. The predicted octanol–water partition coefficient (Wildman–Crippen LogP) is 5.32. The van der Waals surface area contributed by atoms with Gasteiger partial charge in [0.15, 0.2) is 0 Å². The fraction of sp³-hybridized carbons (Fsp3) is 0.545. The molecule has 134 valence electrons. The summed E-state index contributed by atoms with van der Waals surface area (Å²) in [7, 11) is 0. The van der Waals surface area contributed by atoms with E-state index in [2.05, 4.69) is 31.0 Å². The molecule has 1 heterocycles. The minimum Gasteiger partial charge on any atom is -0.293 e. The van der Waals surface area contributed by atoms with Gasteiger partial charge in [-0.3, -0.25) is 4.57 Å². The highest BCUT2D eigenvalue weighted by atomic mass is 16.1. The highest BCUT2D eigenvalue weighted by Crippen LogP contribution is 2.28. The van der Waals surface area contributed by atoms with Crippen LogP contribution in [0.1, 0.15) is 76.1 Å². The topological polar surface area (TPSA) is 34.9 Å². The van der Waals surface area contributed by atoms with Crippen LogP contribution in [0.2, 0.25) is 0 Å². The van der Waals surface area contributed by atoms with Gasteiger partial charge in [0.05, 0.1) is 5.69 Å². The summed E-state index contributed by atoms with van der Waals surface area (Å²) < 4.78 is 1.94. The summed E-state index contributed by atoms with van der Waals surface area (Å²) in [5.74, 6) is 0. The Bertz CT molecular complexity index is 747. The van der Waals surface area contributed by atoms with Crippen molar-refractivity contribution in [1.29, 1.82) is 0 Å². The molecule has 1 aromatic heterocycles. The first kappa shape index (κ1) is 17.9. The van der Waals surface area contributed by atoms with Crippen molar-refractivity contribution in [1.82, 2.24) is 9.55 Å². The van der Waals surface area contributed by atoms with E-state index in [0.29, 0.717) is 0 Å². The van der Waals surface area contributed by atoms with Gasteiger partial charge in [-0.2, -0.15) is 4.98 Å². The number of fused-ring (bicyclic) bond motifs is 1. The van der Waals surface area contributed by atoms with Gasteiger partial charge in [0, 0.05) is 17.3 Å². The highest BCUT2D eigenvalue weighted by molar-refractivity contribution is 5.63. The summed E-state index contributed by atoms with van der Waals surface area (Å²) in [6.07, 6.45) is 10.9. The first-order chi connectivity index (χ1) is 12.2. The number of hydrogen-bond donors (Lipinski definition) is 0. The molecule has 2 aromatic rings. The van der Waals surface area contributed by atoms with Crippen LogP contribution in [0, 0.1) is 0 Å². The Morgan fingerprint density at radius 3 is 2.12 bits per heavy atom. The average Bonchev–Trinajstić information content (AvgIpc) is 2.66. The lowest BCUT2D eigenvalue weighted by atomic mass is 9.96. The second kappa shape index (κ2) is 8.46. The average molecular weight is 338 g/mol. The van der Waals surface area contributed by atoms with Gasteiger partial charge in [0.2, 0.25) is 0 Å². The van der Waals surface area contributed by atoms with Crippen LogP contribution in [-0.2, 0) is 12.8 Å². The zero-order valence-corrected chi connectivity index (χ0v) is 15.6. The third-order valence-corrected chi connectivity index (χ3v) is 5.24. The Morgan fingerprint density at radius 2 is 1.48 bits per heavy atom. The number of rotatable bonds is 2. The Morgan fingerprint density at radius 1 is 0.880 bits per heavy atom. The third-order valence-electron chi connectivity index (χ3n) is 5.24. The first-order valence-corrected chi connectivity index (χ1v) is 9.88. The molecule has 0 atom stereocenters. The molecule has 0 aliphatic heterocycles. The van der Waals surface area contributed by atoms with E-state index in [1.807, 2.05) is 22.8 Å². The fourth-order valence-electron chi connectivity index (χ4n) is 3.99. The molecule has 25 heavy (non-hydrogen) atoms. The molecule has 0 saturated heterocycles. The van der Waals surface area contributed by atoms with Gasteiger partial charge in [-0.15, -0.1) is 0 Å². The van der Waals surface area contributed by atoms with Crippen LogP contribution in [0.5, 0.6) is 0 Å². The van der Waals surface area contributed by atoms with Gasteiger partial charge in [0.1, 0.15) is 0 Å². The molecule has 1 aliphatic rings. The maximum atomic E-state index is 12.8. The predicted molar refractivity (Wildman–Crippen MR) is 104 cm³/mol. The largest absolute Gasteiger partial charge is 0.348 e. The Kier molecular flexibility index (Phi) is 6.06. The molecule has 0 bridgehead atoms. The van der Waals surface area contributed by atoms with Gasteiger partial charge in [-0.25, -0.2) is 4.79 Å². The van der Waals surface area contributed by atoms with Crippen molar-refractivity contribution in [2.24, 2.45) is 0 Å². The second-order valence-corrected chi connectivity index (χ2v) is 7.47. The molecule has 0 saturated carbocycles. The Hall–Kier alpha value is -1.90. The van der Waals surface area contributed by atoms with E-state index < -0.39 is 0 Å². The number of nitrogens with zero attached hydrogens (tertiary/aromatic N) is 2. The number of aromatic nitrogens is 2. The van der Waals surface area contributed by atoms with Gasteiger partial charge < -0.3 is 0 Å². The number of hydrogen-bond acceptors (Lipinski definition) is 2. The van der Waals surface area contributed by atoms with Crippen molar-refractivity contribution in [2.75, 3.05) is 0 Å². The van der Waals surface area contributed by atoms with Crippen molar-refractivity contribution in [3.05, 3.63) is 52.1 Å². The standard InChI is InChI=1S/C22H30N2O/c1-17(2)24-20-16-12-7-5-3-4-6-11-15-19(20)21(23-22(24)25)18-13-9-8-10-14-18/h8-10,13-14,17H,3-7,11-12,15-16H2,1-2H3. The SMILES string of the molecule is CC(C)n1c2c(c(-c3ccccc3)nc1=O)CCCCCCCCC2. The zero-order valence-electron chi connectivity index (χ0n) is 15.6. The van der Waals surface area contributed by atoms with Crippen LogP contribution in [0.3, 0.4) is 0 Å². The molecule has 3 heteroatoms. The van der Waals surface area contributed by atoms with Gasteiger partial charge >= 0.3 is 5.69 Å². The zero-order chi connectivity index (χ0) is 17.6. The molecule has 0 N–H and O–H groups in total. The van der Waals surface area contributed by atoms with Crippen LogP contribution in [0.15, 0.2) is 35.1 Å². The van der Waals surface area contributed by atoms with E-state index in [1.54, 1.807) is 0 Å². The van der Waals surface area contributed by atoms with Crippen molar-refractivity contribution in [3.63, 3.8) is 0 Å². The molecule has 0 radical (unpaired) electrons. The van der Waals surface area contributed by atoms with Gasteiger partial charge in [0.25, 0.3) is 0 Å². The molecule has 3 rings (SSSR count). The van der Waals surface area contributed by atoms with E-state index in [4.69, 9.17) is 0 Å². The molecule has 0 spiro atoms. The molecule has 0 unspecified atom stereocenters. The Labute approximate surface area is 151 Å². The van der Waals surface area contributed by atoms with E-state index in [-0.39, 0.29) is 11.7 Å². The fourth-order valence-corrected chi connectivity index (χ4v) is 3.99. The smallest absolute Gasteiger partial charge is 0.293 e. The van der Waals surface area contributed by atoms with Crippen LogP contribution in [0.25, 0.3) is 11.3 Å². The molecule has 0 fully saturated rings. The maximum Gasteiger partial charge on any atom is 0.348 e. The maximum absolute atomic E-state index is 12.8. The van der Waals surface area contributed by atoms with Crippen molar-refractivity contribution >= 4 is 0 Å². The van der Waals surface area contributed by atoms with Crippen molar-refractivity contribution in [3.8, 4) is 11.3 Å². The lowest BCUT2D eigenvalue weighted by Gasteiger charge is -2.22. The van der Waals surface area contributed by atoms with Crippen molar-refractivity contribution in [2.45, 2.75) is 77.7 Å². The summed E-state index contributed by atoms with van der Waals surface area (Å²) in [6.45, 7) is 4.19. The highest BCUT2D eigenvalue weighted by Gasteiger charge is 2.19. The molecule has 0 amide bonds. The van der Waals surface area contributed by atoms with Crippen LogP contribution >= 0.6 is 0 Å². The van der Waals surface area contributed by atoms with Gasteiger partial charge in [-0.1, -0.05) is 62.4 Å². The molecule has 1 aliphatic carbocycles. The van der Waals surface area contributed by atoms with E-state index in [9.17, 15) is 4.79 Å². The van der Waals surface area contributed by atoms with E-state index in [1.165, 1.54) is 49.8 Å². The molecular formula is C22H30N2O. The lowest BCUT2D eigenvalue weighted by Crippen LogP contribution is -2.30. The quantitative estimate of drug-likeness (QED) is 0.742. The molecule has 1 aromatic carbocycles. The second-order valence-electron chi connectivity index (χ2n) is 7.47. The Balaban J connectivity index is 2.16. The molecular weight excluding hydrogens is 308 g/mol. The first-order valence-electron chi connectivity index (χ1n) is 9.88.